The predicted octanol–water partition coefficient (Wildman–Crippen LogP) is 4.84. The van der Waals surface area contributed by atoms with Gasteiger partial charge in [-0.15, -0.1) is 0 Å². The minimum absolute atomic E-state index is 0.756. The van der Waals surface area contributed by atoms with Crippen LogP contribution in [0.1, 0.15) is 37.7 Å². The van der Waals surface area contributed by atoms with E-state index in [2.05, 4.69) is 53.0 Å². The van der Waals surface area contributed by atoms with Gasteiger partial charge in [0.25, 0.3) is 0 Å². The Morgan fingerprint density at radius 3 is 2.21 bits per heavy atom. The molecule has 0 amide bonds. The first-order valence-electron chi connectivity index (χ1n) is 7.71. The van der Waals surface area contributed by atoms with E-state index in [0.29, 0.717) is 0 Å². The molecule has 2 heteroatoms. The van der Waals surface area contributed by atoms with Gasteiger partial charge in [-0.05, 0) is 103 Å². The number of anilines is 1. The van der Waals surface area contributed by atoms with Gasteiger partial charge in [-0.25, -0.2) is 0 Å². The summed E-state index contributed by atoms with van der Waals surface area (Å²) in [6.07, 6.45) is 7.52. The molecule has 1 N–H and O–H groups in total. The summed E-state index contributed by atoms with van der Waals surface area (Å²) in [4.78, 5) is 0. The van der Waals surface area contributed by atoms with Gasteiger partial charge in [0.15, 0.2) is 0 Å². The van der Waals surface area contributed by atoms with Crippen molar-refractivity contribution >= 4 is 28.3 Å². The van der Waals surface area contributed by atoms with Crippen LogP contribution in [0, 0.1) is 34.2 Å². The largest absolute Gasteiger partial charge is 0.382 e. The molecule has 19 heavy (non-hydrogen) atoms. The molecular weight excluding hydrogens is 345 g/mol. The average Bonchev–Trinajstić information content (AvgIpc) is 2.37. The Hall–Kier alpha value is -0.250. The molecule has 0 spiro atoms. The highest BCUT2D eigenvalue weighted by Crippen LogP contribution is 2.54. The molecule has 4 fully saturated rings. The molecule has 0 unspecified atom stereocenters. The molecule has 0 heterocycles. The lowest BCUT2D eigenvalue weighted by molar-refractivity contribution is 0.00754. The first-order valence-corrected chi connectivity index (χ1v) is 8.79. The van der Waals surface area contributed by atoms with Crippen molar-refractivity contribution in [3.63, 3.8) is 0 Å². The molecule has 5 rings (SSSR count). The molecule has 0 aliphatic heterocycles. The van der Waals surface area contributed by atoms with E-state index in [1.165, 1.54) is 40.5 Å². The SMILES string of the molecule is Cc1ccc(NC2C3CC4CC(C3)CC2C4)cc1I. The van der Waals surface area contributed by atoms with Gasteiger partial charge in [0.05, 0.1) is 0 Å². The Morgan fingerprint density at radius 1 is 1.00 bits per heavy atom. The van der Waals surface area contributed by atoms with Crippen molar-refractivity contribution < 1.29 is 0 Å². The standard InChI is InChI=1S/C17H22IN/c1-10-2-3-15(9-16(10)18)19-17-13-5-11-4-12(7-13)8-14(17)6-11/h2-3,9,11-14,17,19H,4-8H2,1H3. The highest BCUT2D eigenvalue weighted by Gasteiger charge is 2.48. The first-order chi connectivity index (χ1) is 9.19. The molecule has 1 aromatic carbocycles. The van der Waals surface area contributed by atoms with Crippen LogP contribution in [0.5, 0.6) is 0 Å². The van der Waals surface area contributed by atoms with Crippen molar-refractivity contribution in [3.05, 3.63) is 27.3 Å². The van der Waals surface area contributed by atoms with Gasteiger partial charge in [-0.1, -0.05) is 6.07 Å². The number of hydrogen-bond acceptors (Lipinski definition) is 1. The van der Waals surface area contributed by atoms with Crippen molar-refractivity contribution in [2.24, 2.45) is 23.7 Å². The van der Waals surface area contributed by atoms with E-state index >= 15 is 0 Å². The molecule has 4 aliphatic carbocycles. The maximum Gasteiger partial charge on any atom is 0.0353 e. The Bertz CT molecular complexity index is 468. The highest BCUT2D eigenvalue weighted by atomic mass is 127. The van der Waals surface area contributed by atoms with Gasteiger partial charge in [-0.2, -0.15) is 0 Å². The van der Waals surface area contributed by atoms with E-state index < -0.39 is 0 Å². The van der Waals surface area contributed by atoms with Crippen molar-refractivity contribution in [2.45, 2.75) is 45.1 Å². The number of nitrogens with one attached hydrogen (secondary N) is 1. The summed E-state index contributed by atoms with van der Waals surface area (Å²) in [6.45, 7) is 2.19. The molecule has 102 valence electrons. The molecule has 0 radical (unpaired) electrons. The topological polar surface area (TPSA) is 12.0 Å². The molecular formula is C17H22IN. The molecule has 4 saturated carbocycles. The van der Waals surface area contributed by atoms with E-state index in [-0.39, 0.29) is 0 Å². The van der Waals surface area contributed by atoms with Crippen LogP contribution in [0.25, 0.3) is 0 Å². The fraction of sp³-hybridized carbons (Fsp3) is 0.647. The second-order valence-electron chi connectivity index (χ2n) is 7.06. The summed E-state index contributed by atoms with van der Waals surface area (Å²) < 4.78 is 1.38. The summed E-state index contributed by atoms with van der Waals surface area (Å²) >= 11 is 2.45. The maximum atomic E-state index is 3.89. The Kier molecular flexibility index (Phi) is 3.05. The van der Waals surface area contributed by atoms with E-state index in [4.69, 9.17) is 0 Å². The van der Waals surface area contributed by atoms with Crippen LogP contribution in [-0.4, -0.2) is 6.04 Å². The van der Waals surface area contributed by atoms with Gasteiger partial charge in [0.2, 0.25) is 0 Å². The fourth-order valence-corrected chi connectivity index (χ4v) is 5.55. The zero-order valence-corrected chi connectivity index (χ0v) is 13.7. The molecule has 4 aliphatic rings. The lowest BCUT2D eigenvalue weighted by Crippen LogP contribution is -2.51. The Balaban J connectivity index is 1.55. The van der Waals surface area contributed by atoms with Crippen LogP contribution in [0.2, 0.25) is 0 Å². The number of hydrogen-bond donors (Lipinski definition) is 1. The maximum absolute atomic E-state index is 3.89. The predicted molar refractivity (Wildman–Crippen MR) is 88.4 cm³/mol. The summed E-state index contributed by atoms with van der Waals surface area (Å²) in [5.41, 5.74) is 2.73. The molecule has 4 bridgehead atoms. The van der Waals surface area contributed by atoms with E-state index in [9.17, 15) is 0 Å². The second kappa shape index (κ2) is 4.64. The molecule has 0 atom stereocenters. The minimum Gasteiger partial charge on any atom is -0.382 e. The van der Waals surface area contributed by atoms with Crippen LogP contribution >= 0.6 is 22.6 Å². The zero-order chi connectivity index (χ0) is 13.0. The van der Waals surface area contributed by atoms with Crippen molar-refractivity contribution in [3.8, 4) is 0 Å². The normalized spacial score (nSPS) is 39.6. The van der Waals surface area contributed by atoms with Crippen LogP contribution in [0.3, 0.4) is 0 Å². The van der Waals surface area contributed by atoms with Crippen LogP contribution in [0.15, 0.2) is 18.2 Å². The fourth-order valence-electron chi connectivity index (χ4n) is 5.04. The Labute approximate surface area is 129 Å². The van der Waals surface area contributed by atoms with Gasteiger partial charge >= 0.3 is 0 Å². The smallest absolute Gasteiger partial charge is 0.0353 e. The summed E-state index contributed by atoms with van der Waals surface area (Å²) in [7, 11) is 0. The van der Waals surface area contributed by atoms with E-state index in [1.54, 1.807) is 6.42 Å². The average molecular weight is 367 g/mol. The van der Waals surface area contributed by atoms with Crippen molar-refractivity contribution in [1.29, 1.82) is 0 Å². The van der Waals surface area contributed by atoms with Gasteiger partial charge in [0.1, 0.15) is 0 Å². The van der Waals surface area contributed by atoms with Crippen LogP contribution in [0.4, 0.5) is 5.69 Å². The number of halogens is 1. The minimum atomic E-state index is 0.756. The van der Waals surface area contributed by atoms with Gasteiger partial charge in [-0.3, -0.25) is 0 Å². The van der Waals surface area contributed by atoms with Gasteiger partial charge < -0.3 is 5.32 Å². The molecule has 1 aromatic rings. The third-order valence-corrected chi connectivity index (χ3v) is 6.89. The quantitative estimate of drug-likeness (QED) is 0.738. The Morgan fingerprint density at radius 2 is 1.63 bits per heavy atom. The van der Waals surface area contributed by atoms with Crippen molar-refractivity contribution in [2.75, 3.05) is 5.32 Å². The van der Waals surface area contributed by atoms with Crippen LogP contribution < -0.4 is 5.32 Å². The zero-order valence-electron chi connectivity index (χ0n) is 11.5. The summed E-state index contributed by atoms with van der Waals surface area (Å²) in [6, 6.07) is 7.59. The molecule has 1 nitrogen and oxygen atoms in total. The number of aryl methyl sites for hydroxylation is 1. The number of rotatable bonds is 2. The lowest BCUT2D eigenvalue weighted by Gasteiger charge is -2.54. The monoisotopic (exact) mass is 367 g/mol. The lowest BCUT2D eigenvalue weighted by atomic mass is 9.54. The van der Waals surface area contributed by atoms with E-state index in [0.717, 1.165) is 29.7 Å². The highest BCUT2D eigenvalue weighted by molar-refractivity contribution is 14.1. The van der Waals surface area contributed by atoms with Crippen LogP contribution in [-0.2, 0) is 0 Å². The summed E-state index contributed by atoms with van der Waals surface area (Å²) in [5, 5.41) is 3.89. The summed E-state index contributed by atoms with van der Waals surface area (Å²) in [5.74, 6) is 4.04. The number of benzene rings is 1. The second-order valence-corrected chi connectivity index (χ2v) is 8.23. The van der Waals surface area contributed by atoms with Gasteiger partial charge in [0, 0.05) is 15.3 Å². The van der Waals surface area contributed by atoms with Crippen molar-refractivity contribution in [1.82, 2.24) is 0 Å². The first kappa shape index (κ1) is 12.5. The molecule has 0 aromatic heterocycles. The van der Waals surface area contributed by atoms with E-state index in [1.807, 2.05) is 0 Å². The molecule has 0 saturated heterocycles. The third kappa shape index (κ3) is 2.20. The third-order valence-electron chi connectivity index (χ3n) is 5.73.